The maximum absolute atomic E-state index is 12.2. The summed E-state index contributed by atoms with van der Waals surface area (Å²) in [6, 6.07) is 5.90. The molecule has 0 spiro atoms. The first-order valence-electron chi connectivity index (χ1n) is 6.04. The minimum Gasteiger partial charge on any atom is -0.467 e. The molecule has 0 radical (unpaired) electrons. The fraction of sp³-hybridized carbons (Fsp3) is 0.214. The van der Waals surface area contributed by atoms with Crippen LogP contribution in [0.3, 0.4) is 0 Å². The summed E-state index contributed by atoms with van der Waals surface area (Å²) in [5.74, 6) is -1.14. The Morgan fingerprint density at radius 3 is 2.52 bits per heavy atom. The number of carbonyl (C=O) groups is 3. The first-order valence-corrected chi connectivity index (χ1v) is 7.24. The van der Waals surface area contributed by atoms with Crippen molar-refractivity contribution < 1.29 is 19.1 Å². The van der Waals surface area contributed by atoms with E-state index in [0.29, 0.717) is 5.02 Å². The standard InChI is InChI=1S/C14H12ClNO4S/c1-8(13(18)20-2)16-12(17)11(21-14(16)19)7-9-3-5-10(15)6-4-9/h3-8H,1-2H3. The number of nitrogens with zero attached hydrogens (tertiary/aromatic N) is 1. The number of halogens is 1. The van der Waals surface area contributed by atoms with Gasteiger partial charge in [0.1, 0.15) is 6.04 Å². The van der Waals surface area contributed by atoms with Crippen molar-refractivity contribution in [2.45, 2.75) is 13.0 Å². The van der Waals surface area contributed by atoms with E-state index in [9.17, 15) is 14.4 Å². The van der Waals surface area contributed by atoms with E-state index < -0.39 is 23.2 Å². The van der Waals surface area contributed by atoms with Gasteiger partial charge in [0.25, 0.3) is 11.1 Å². The van der Waals surface area contributed by atoms with Crippen LogP contribution in [-0.2, 0) is 14.3 Å². The topological polar surface area (TPSA) is 63.7 Å². The number of esters is 1. The first kappa shape index (κ1) is 15.6. The van der Waals surface area contributed by atoms with Crippen LogP contribution in [0.5, 0.6) is 0 Å². The zero-order valence-corrected chi connectivity index (χ0v) is 12.9. The predicted molar refractivity (Wildman–Crippen MR) is 80.7 cm³/mol. The van der Waals surface area contributed by atoms with Gasteiger partial charge in [-0.15, -0.1) is 0 Å². The number of amides is 2. The Kier molecular flexibility index (Phi) is 4.69. The molecule has 1 fully saturated rings. The summed E-state index contributed by atoms with van der Waals surface area (Å²) in [6.45, 7) is 1.45. The third kappa shape index (κ3) is 3.28. The summed E-state index contributed by atoms with van der Waals surface area (Å²) in [4.78, 5) is 36.8. The lowest BCUT2D eigenvalue weighted by Crippen LogP contribution is -2.42. The third-order valence-corrected chi connectivity index (χ3v) is 4.06. The molecule has 1 aromatic carbocycles. The smallest absolute Gasteiger partial charge is 0.328 e. The van der Waals surface area contributed by atoms with Crippen molar-refractivity contribution in [2.75, 3.05) is 7.11 Å². The molecule has 1 unspecified atom stereocenters. The van der Waals surface area contributed by atoms with Gasteiger partial charge in [0, 0.05) is 5.02 Å². The Morgan fingerprint density at radius 2 is 1.95 bits per heavy atom. The summed E-state index contributed by atoms with van der Waals surface area (Å²) < 4.78 is 4.56. The van der Waals surface area contributed by atoms with Gasteiger partial charge in [0.2, 0.25) is 0 Å². The summed E-state index contributed by atoms with van der Waals surface area (Å²) in [6.07, 6.45) is 1.59. The average molecular weight is 326 g/mol. The lowest BCUT2D eigenvalue weighted by molar-refractivity contribution is -0.148. The molecule has 1 aliphatic rings. The zero-order valence-electron chi connectivity index (χ0n) is 11.3. The van der Waals surface area contributed by atoms with E-state index in [1.807, 2.05) is 0 Å². The van der Waals surface area contributed by atoms with Crippen molar-refractivity contribution in [3.8, 4) is 0 Å². The molecule has 0 N–H and O–H groups in total. The average Bonchev–Trinajstić information content (AvgIpc) is 2.74. The van der Waals surface area contributed by atoms with Gasteiger partial charge in [-0.1, -0.05) is 23.7 Å². The molecule has 1 saturated heterocycles. The molecular weight excluding hydrogens is 314 g/mol. The predicted octanol–water partition coefficient (Wildman–Crippen LogP) is 2.94. The summed E-state index contributed by atoms with van der Waals surface area (Å²) >= 11 is 6.58. The van der Waals surface area contributed by atoms with Gasteiger partial charge < -0.3 is 4.74 Å². The van der Waals surface area contributed by atoms with Crippen LogP contribution in [0.1, 0.15) is 12.5 Å². The highest BCUT2D eigenvalue weighted by molar-refractivity contribution is 8.18. The SMILES string of the molecule is COC(=O)C(C)N1C(=O)SC(=Cc2ccc(Cl)cc2)C1=O. The van der Waals surface area contributed by atoms with E-state index in [0.717, 1.165) is 22.2 Å². The van der Waals surface area contributed by atoms with Crippen LogP contribution in [0, 0.1) is 0 Å². The Hall–Kier alpha value is -1.79. The van der Waals surface area contributed by atoms with E-state index in [4.69, 9.17) is 11.6 Å². The van der Waals surface area contributed by atoms with Gasteiger partial charge >= 0.3 is 5.97 Å². The second-order valence-electron chi connectivity index (χ2n) is 4.30. The summed E-state index contributed by atoms with van der Waals surface area (Å²) in [5.41, 5.74) is 0.746. The quantitative estimate of drug-likeness (QED) is 0.631. The van der Waals surface area contributed by atoms with Crippen molar-refractivity contribution in [1.29, 1.82) is 0 Å². The summed E-state index contributed by atoms with van der Waals surface area (Å²) in [5, 5.41) is 0.0951. The number of benzene rings is 1. The normalized spacial score (nSPS) is 18.2. The van der Waals surface area contributed by atoms with E-state index in [2.05, 4.69) is 4.74 Å². The second-order valence-corrected chi connectivity index (χ2v) is 5.73. The number of imide groups is 1. The van der Waals surface area contributed by atoms with Crippen LogP contribution in [0.2, 0.25) is 5.02 Å². The van der Waals surface area contributed by atoms with Crippen LogP contribution in [0.15, 0.2) is 29.2 Å². The number of methoxy groups -OCH3 is 1. The van der Waals surface area contributed by atoms with Crippen LogP contribution in [-0.4, -0.2) is 35.2 Å². The maximum Gasteiger partial charge on any atom is 0.328 e. The Balaban J connectivity index is 2.25. The maximum atomic E-state index is 12.2. The van der Waals surface area contributed by atoms with Gasteiger partial charge in [-0.25, -0.2) is 4.79 Å². The van der Waals surface area contributed by atoms with Gasteiger partial charge in [-0.05, 0) is 42.5 Å². The Labute approximate surface area is 130 Å². The molecule has 0 aromatic heterocycles. The molecule has 1 atom stereocenters. The van der Waals surface area contributed by atoms with Gasteiger partial charge in [-0.3, -0.25) is 14.5 Å². The molecule has 1 heterocycles. The molecule has 1 aliphatic heterocycles. The number of rotatable bonds is 3. The highest BCUT2D eigenvalue weighted by Gasteiger charge is 2.41. The van der Waals surface area contributed by atoms with E-state index in [1.54, 1.807) is 30.3 Å². The Bertz CT molecular complexity index is 626. The number of hydrogen-bond donors (Lipinski definition) is 0. The fourth-order valence-electron chi connectivity index (χ4n) is 1.80. The molecule has 2 amide bonds. The van der Waals surface area contributed by atoms with Crippen molar-refractivity contribution in [3.63, 3.8) is 0 Å². The number of hydrogen-bond acceptors (Lipinski definition) is 5. The number of thioether (sulfide) groups is 1. The molecule has 5 nitrogen and oxygen atoms in total. The molecule has 0 aliphatic carbocycles. The van der Waals surface area contributed by atoms with Gasteiger partial charge in [0.05, 0.1) is 12.0 Å². The zero-order chi connectivity index (χ0) is 15.6. The van der Waals surface area contributed by atoms with Crippen molar-refractivity contribution in [3.05, 3.63) is 39.8 Å². The van der Waals surface area contributed by atoms with E-state index >= 15 is 0 Å². The molecule has 2 rings (SSSR count). The fourth-order valence-corrected chi connectivity index (χ4v) is 2.83. The summed E-state index contributed by atoms with van der Waals surface area (Å²) in [7, 11) is 1.21. The van der Waals surface area contributed by atoms with Gasteiger partial charge in [0.15, 0.2) is 0 Å². The van der Waals surface area contributed by atoms with Crippen LogP contribution < -0.4 is 0 Å². The third-order valence-electron chi connectivity index (χ3n) is 2.92. The lowest BCUT2D eigenvalue weighted by atomic mass is 10.2. The number of carbonyl (C=O) groups excluding carboxylic acids is 3. The highest BCUT2D eigenvalue weighted by Crippen LogP contribution is 2.33. The molecule has 21 heavy (non-hydrogen) atoms. The minimum absolute atomic E-state index is 0.262. The number of ether oxygens (including phenoxy) is 1. The molecular formula is C14H12ClNO4S. The highest BCUT2D eigenvalue weighted by atomic mass is 35.5. The van der Waals surface area contributed by atoms with Crippen LogP contribution in [0.4, 0.5) is 4.79 Å². The monoisotopic (exact) mass is 325 g/mol. The molecule has 1 aromatic rings. The lowest BCUT2D eigenvalue weighted by Gasteiger charge is -2.18. The van der Waals surface area contributed by atoms with Crippen LogP contribution >= 0.6 is 23.4 Å². The first-order chi connectivity index (χ1) is 9.93. The Morgan fingerprint density at radius 1 is 1.33 bits per heavy atom. The molecule has 7 heteroatoms. The molecule has 110 valence electrons. The molecule has 0 saturated carbocycles. The largest absolute Gasteiger partial charge is 0.467 e. The van der Waals surface area contributed by atoms with Gasteiger partial charge in [-0.2, -0.15) is 0 Å². The van der Waals surface area contributed by atoms with E-state index in [1.165, 1.54) is 14.0 Å². The van der Waals surface area contributed by atoms with Crippen molar-refractivity contribution >= 4 is 46.6 Å². The minimum atomic E-state index is -0.946. The molecule has 0 bridgehead atoms. The van der Waals surface area contributed by atoms with E-state index in [-0.39, 0.29) is 4.91 Å². The van der Waals surface area contributed by atoms with Crippen molar-refractivity contribution in [2.24, 2.45) is 0 Å². The van der Waals surface area contributed by atoms with Crippen molar-refractivity contribution in [1.82, 2.24) is 4.90 Å². The van der Waals surface area contributed by atoms with Crippen LogP contribution in [0.25, 0.3) is 6.08 Å². The second kappa shape index (κ2) is 6.32.